The molecule has 4 heteroatoms. The Morgan fingerprint density at radius 2 is 2.23 bits per heavy atom. The average Bonchev–Trinajstić information content (AvgIpc) is 2.04. The topological polar surface area (TPSA) is 61.0 Å². The van der Waals surface area contributed by atoms with Crippen LogP contribution in [0.3, 0.4) is 0 Å². The molecule has 0 aromatic carbocycles. The van der Waals surface area contributed by atoms with Gasteiger partial charge in [0.15, 0.2) is 5.82 Å². The zero-order chi connectivity index (χ0) is 9.84. The number of nitrogens with zero attached hydrogens (tertiary/aromatic N) is 2. The maximum Gasteiger partial charge on any atom is 0.159 e. The third-order valence-electron chi connectivity index (χ3n) is 1.83. The third-order valence-corrected chi connectivity index (χ3v) is 1.83. The molecule has 0 amide bonds. The Labute approximate surface area is 78.1 Å². The van der Waals surface area contributed by atoms with Gasteiger partial charge in [0.1, 0.15) is 11.9 Å². The van der Waals surface area contributed by atoms with Gasteiger partial charge in [-0.25, -0.2) is 9.97 Å². The Balaban J connectivity index is 2.99. The van der Waals surface area contributed by atoms with Crippen molar-refractivity contribution in [3.63, 3.8) is 0 Å². The van der Waals surface area contributed by atoms with Crippen LogP contribution >= 0.6 is 0 Å². The van der Waals surface area contributed by atoms with Crippen LogP contribution in [0.4, 0.5) is 5.82 Å². The lowest BCUT2D eigenvalue weighted by Crippen LogP contribution is -2.08. The van der Waals surface area contributed by atoms with E-state index in [9.17, 15) is 0 Å². The SMILES string of the molecule is CCC(OC)c1nc(C)cc(N)n1. The maximum atomic E-state index is 5.60. The van der Waals surface area contributed by atoms with Crippen molar-refractivity contribution in [1.82, 2.24) is 9.97 Å². The molecular weight excluding hydrogens is 166 g/mol. The minimum Gasteiger partial charge on any atom is -0.384 e. The van der Waals surface area contributed by atoms with Gasteiger partial charge in [-0.2, -0.15) is 0 Å². The summed E-state index contributed by atoms with van der Waals surface area (Å²) >= 11 is 0. The first-order chi connectivity index (χ1) is 6.17. The fourth-order valence-electron chi connectivity index (χ4n) is 1.22. The lowest BCUT2D eigenvalue weighted by Gasteiger charge is -2.11. The van der Waals surface area contributed by atoms with Crippen LogP contribution < -0.4 is 5.73 Å². The molecule has 0 fully saturated rings. The molecule has 1 aromatic heterocycles. The lowest BCUT2D eigenvalue weighted by atomic mass is 10.2. The van der Waals surface area contributed by atoms with Crippen molar-refractivity contribution >= 4 is 5.82 Å². The zero-order valence-corrected chi connectivity index (χ0v) is 8.24. The van der Waals surface area contributed by atoms with Gasteiger partial charge in [-0.3, -0.25) is 0 Å². The molecule has 72 valence electrons. The van der Waals surface area contributed by atoms with Gasteiger partial charge in [-0.05, 0) is 13.3 Å². The minimum absolute atomic E-state index is 0.0535. The number of aryl methyl sites for hydroxylation is 1. The summed E-state index contributed by atoms with van der Waals surface area (Å²) in [5.74, 6) is 1.17. The second-order valence-corrected chi connectivity index (χ2v) is 2.92. The first-order valence-electron chi connectivity index (χ1n) is 4.31. The fraction of sp³-hybridized carbons (Fsp3) is 0.556. The Morgan fingerprint density at radius 1 is 1.54 bits per heavy atom. The number of methoxy groups -OCH3 is 1. The van der Waals surface area contributed by atoms with Crippen LogP contribution in [0.15, 0.2) is 6.07 Å². The van der Waals surface area contributed by atoms with E-state index in [1.54, 1.807) is 13.2 Å². The standard InChI is InChI=1S/C9H15N3O/c1-4-7(13-3)9-11-6(2)5-8(10)12-9/h5,7H,4H2,1-3H3,(H2,10,11,12). The molecule has 0 saturated carbocycles. The van der Waals surface area contributed by atoms with E-state index in [0.717, 1.165) is 12.1 Å². The zero-order valence-electron chi connectivity index (χ0n) is 8.24. The Hall–Kier alpha value is -1.16. The molecule has 0 saturated heterocycles. The normalized spacial score (nSPS) is 12.8. The van der Waals surface area contributed by atoms with Crippen molar-refractivity contribution in [3.05, 3.63) is 17.6 Å². The molecule has 1 unspecified atom stereocenters. The summed E-state index contributed by atoms with van der Waals surface area (Å²) in [6.07, 6.45) is 0.793. The van der Waals surface area contributed by atoms with Crippen molar-refractivity contribution < 1.29 is 4.74 Å². The van der Waals surface area contributed by atoms with E-state index < -0.39 is 0 Å². The summed E-state index contributed by atoms with van der Waals surface area (Å²) in [6.45, 7) is 3.92. The number of anilines is 1. The average molecular weight is 181 g/mol. The van der Waals surface area contributed by atoms with Gasteiger partial charge in [0, 0.05) is 18.9 Å². The van der Waals surface area contributed by atoms with Crippen molar-refractivity contribution in [1.29, 1.82) is 0 Å². The van der Waals surface area contributed by atoms with Crippen LogP contribution in [-0.2, 0) is 4.74 Å². The molecule has 2 N–H and O–H groups in total. The van der Waals surface area contributed by atoms with Gasteiger partial charge in [0.2, 0.25) is 0 Å². The highest BCUT2D eigenvalue weighted by molar-refractivity contribution is 5.29. The molecule has 1 heterocycles. The number of hydrogen-bond donors (Lipinski definition) is 1. The Kier molecular flexibility index (Phi) is 3.19. The van der Waals surface area contributed by atoms with Crippen LogP contribution in [0.2, 0.25) is 0 Å². The highest BCUT2D eigenvalue weighted by atomic mass is 16.5. The molecule has 0 aliphatic heterocycles. The van der Waals surface area contributed by atoms with Crippen molar-refractivity contribution in [2.75, 3.05) is 12.8 Å². The van der Waals surface area contributed by atoms with Crippen LogP contribution in [0.5, 0.6) is 0 Å². The van der Waals surface area contributed by atoms with Gasteiger partial charge < -0.3 is 10.5 Å². The van der Waals surface area contributed by atoms with Crippen LogP contribution in [-0.4, -0.2) is 17.1 Å². The van der Waals surface area contributed by atoms with Crippen molar-refractivity contribution in [2.45, 2.75) is 26.4 Å². The van der Waals surface area contributed by atoms with E-state index in [1.165, 1.54) is 0 Å². The molecule has 1 rings (SSSR count). The van der Waals surface area contributed by atoms with E-state index in [2.05, 4.69) is 9.97 Å². The number of hydrogen-bond acceptors (Lipinski definition) is 4. The quantitative estimate of drug-likeness (QED) is 0.767. The monoisotopic (exact) mass is 181 g/mol. The summed E-state index contributed by atoms with van der Waals surface area (Å²) in [5, 5.41) is 0. The fourth-order valence-corrected chi connectivity index (χ4v) is 1.22. The molecule has 0 spiro atoms. The number of nitrogens with two attached hydrogens (primary N) is 1. The molecule has 4 nitrogen and oxygen atoms in total. The van der Waals surface area contributed by atoms with Crippen LogP contribution in [0, 0.1) is 6.92 Å². The number of ether oxygens (including phenoxy) is 1. The molecule has 13 heavy (non-hydrogen) atoms. The van der Waals surface area contributed by atoms with Crippen molar-refractivity contribution in [3.8, 4) is 0 Å². The van der Waals surface area contributed by atoms with E-state index in [-0.39, 0.29) is 6.10 Å². The Bertz CT molecular complexity index is 264. The Morgan fingerprint density at radius 3 is 2.69 bits per heavy atom. The second-order valence-electron chi connectivity index (χ2n) is 2.92. The first kappa shape index (κ1) is 9.92. The summed E-state index contributed by atoms with van der Waals surface area (Å²) < 4.78 is 5.21. The van der Waals surface area contributed by atoms with Crippen LogP contribution in [0.25, 0.3) is 0 Å². The number of rotatable bonds is 3. The number of nitrogen functional groups attached to an aromatic ring is 1. The highest BCUT2D eigenvalue weighted by Gasteiger charge is 2.11. The van der Waals surface area contributed by atoms with Gasteiger partial charge >= 0.3 is 0 Å². The van der Waals surface area contributed by atoms with E-state index in [4.69, 9.17) is 10.5 Å². The molecule has 0 bridgehead atoms. The smallest absolute Gasteiger partial charge is 0.159 e. The summed E-state index contributed by atoms with van der Waals surface area (Å²) in [4.78, 5) is 8.38. The lowest BCUT2D eigenvalue weighted by molar-refractivity contribution is 0.0926. The van der Waals surface area contributed by atoms with E-state index in [1.807, 2.05) is 13.8 Å². The van der Waals surface area contributed by atoms with Gasteiger partial charge in [-0.15, -0.1) is 0 Å². The second kappa shape index (κ2) is 4.18. The molecule has 0 aliphatic rings. The van der Waals surface area contributed by atoms with Gasteiger partial charge in [0.25, 0.3) is 0 Å². The molecular formula is C9H15N3O. The maximum absolute atomic E-state index is 5.60. The predicted octanol–water partition coefficient (Wildman–Crippen LogP) is 1.46. The third kappa shape index (κ3) is 2.39. The van der Waals surface area contributed by atoms with Crippen LogP contribution in [0.1, 0.15) is 31.0 Å². The first-order valence-corrected chi connectivity index (χ1v) is 4.31. The summed E-state index contributed by atoms with van der Waals surface area (Å²) in [7, 11) is 1.65. The van der Waals surface area contributed by atoms with E-state index in [0.29, 0.717) is 11.6 Å². The van der Waals surface area contributed by atoms with Gasteiger partial charge in [0.05, 0.1) is 0 Å². The molecule has 0 aliphatic carbocycles. The summed E-state index contributed by atoms with van der Waals surface area (Å²) in [5.41, 5.74) is 6.47. The highest BCUT2D eigenvalue weighted by Crippen LogP contribution is 2.17. The summed E-state index contributed by atoms with van der Waals surface area (Å²) in [6, 6.07) is 1.74. The minimum atomic E-state index is -0.0535. The molecule has 0 radical (unpaired) electrons. The number of aromatic nitrogens is 2. The van der Waals surface area contributed by atoms with E-state index >= 15 is 0 Å². The molecule has 1 atom stereocenters. The largest absolute Gasteiger partial charge is 0.384 e. The van der Waals surface area contributed by atoms with Gasteiger partial charge in [-0.1, -0.05) is 6.92 Å². The predicted molar refractivity (Wildman–Crippen MR) is 51.2 cm³/mol. The molecule has 1 aromatic rings. The van der Waals surface area contributed by atoms with Crippen molar-refractivity contribution in [2.24, 2.45) is 0 Å².